The van der Waals surface area contributed by atoms with Crippen molar-refractivity contribution in [2.45, 2.75) is 174 Å². The number of ether oxygens (including phenoxy) is 2. The molecule has 0 amide bonds. The molecule has 0 aliphatic rings. The first kappa shape index (κ1) is 52.2. The summed E-state index contributed by atoms with van der Waals surface area (Å²) in [7, 11) is -4.78. The molecule has 0 spiro atoms. The van der Waals surface area contributed by atoms with Crippen LogP contribution >= 0.6 is 7.82 Å². The summed E-state index contributed by atoms with van der Waals surface area (Å²) < 4.78 is 26.3. The maximum absolute atomic E-state index is 12.4. The molecule has 0 saturated heterocycles. The van der Waals surface area contributed by atoms with Gasteiger partial charge in [-0.15, -0.1) is 0 Å². The van der Waals surface area contributed by atoms with E-state index in [1.165, 1.54) is 57.8 Å². The molecule has 0 heterocycles. The molecule has 0 radical (unpaired) electrons. The van der Waals surface area contributed by atoms with Crippen LogP contribution in [-0.4, -0.2) is 52.3 Å². The number of unbranched alkanes of at least 4 members (excludes halogenated alkanes) is 13. The Morgan fingerprint density at radius 2 is 1.04 bits per heavy atom. The maximum atomic E-state index is 12.4. The summed E-state index contributed by atoms with van der Waals surface area (Å²) in [4.78, 5) is 42.8. The molecule has 3 N–H and O–H groups in total. The van der Waals surface area contributed by atoms with E-state index < -0.39 is 32.5 Å². The summed E-state index contributed by atoms with van der Waals surface area (Å²) in [6.45, 7) is 3.27. The molecule has 0 unspecified atom stereocenters. The van der Waals surface area contributed by atoms with Crippen molar-refractivity contribution < 1.29 is 43.0 Å². The molecule has 9 nitrogen and oxygen atoms in total. The van der Waals surface area contributed by atoms with Crippen LogP contribution in [0.1, 0.15) is 162 Å². The van der Waals surface area contributed by atoms with E-state index >= 15 is 0 Å². The predicted octanol–water partition coefficient (Wildman–Crippen LogP) is 11.8. The summed E-state index contributed by atoms with van der Waals surface area (Å²) in [5, 5.41) is 9.45. The molecule has 314 valence electrons. The van der Waals surface area contributed by atoms with Crippen LogP contribution in [0, 0.1) is 0 Å². The van der Waals surface area contributed by atoms with Gasteiger partial charge in [-0.3, -0.25) is 14.1 Å². The Balaban J connectivity index is 4.05. The highest BCUT2D eigenvalue weighted by molar-refractivity contribution is 7.46. The molecule has 0 aliphatic heterocycles. The third-order valence-corrected chi connectivity index (χ3v) is 9.04. The summed E-state index contributed by atoms with van der Waals surface area (Å²) in [6, 6.07) is 0. The van der Waals surface area contributed by atoms with Crippen LogP contribution in [0.25, 0.3) is 0 Å². The lowest BCUT2D eigenvalue weighted by atomic mass is 10.1. The topological polar surface area (TPSA) is 140 Å². The highest BCUT2D eigenvalue weighted by atomic mass is 31.2. The number of carbonyl (C=O) groups excluding carboxylic acids is 2. The third kappa shape index (κ3) is 42.2. The van der Waals surface area contributed by atoms with E-state index in [0.717, 1.165) is 51.4 Å². The average Bonchev–Trinajstić information content (AvgIpc) is 3.16. The van der Waals surface area contributed by atoms with E-state index in [-0.39, 0.29) is 25.6 Å². The van der Waals surface area contributed by atoms with E-state index in [9.17, 15) is 19.3 Å². The van der Waals surface area contributed by atoms with Crippen molar-refractivity contribution in [3.63, 3.8) is 0 Å². The minimum Gasteiger partial charge on any atom is -0.462 e. The first-order chi connectivity index (χ1) is 26.7. The van der Waals surface area contributed by atoms with Gasteiger partial charge in [-0.05, 0) is 77.0 Å². The van der Waals surface area contributed by atoms with E-state index in [4.69, 9.17) is 19.3 Å². The molecule has 0 aromatic rings. The summed E-state index contributed by atoms with van der Waals surface area (Å²) in [5.74, 6) is -0.983. The Morgan fingerprint density at radius 1 is 0.564 bits per heavy atom. The number of aliphatic hydroxyl groups is 1. The molecular formula is C45H75O9P. The molecule has 2 atom stereocenters. The quantitative estimate of drug-likeness (QED) is 0.0184. The van der Waals surface area contributed by atoms with Gasteiger partial charge in [0, 0.05) is 12.8 Å². The summed E-state index contributed by atoms with van der Waals surface area (Å²) in [5.41, 5.74) is 0. The van der Waals surface area contributed by atoms with Crippen molar-refractivity contribution in [1.29, 1.82) is 0 Å². The molecule has 0 aliphatic carbocycles. The zero-order valence-corrected chi connectivity index (χ0v) is 35.0. The lowest BCUT2D eigenvalue weighted by molar-refractivity contribution is -0.161. The van der Waals surface area contributed by atoms with Crippen LogP contribution in [-0.2, 0) is 28.2 Å². The predicted molar refractivity (Wildman–Crippen MR) is 226 cm³/mol. The minimum absolute atomic E-state index is 0.170. The van der Waals surface area contributed by atoms with Crippen molar-refractivity contribution in [3.8, 4) is 0 Å². The Hall–Kier alpha value is -2.81. The lowest BCUT2D eigenvalue weighted by Crippen LogP contribution is -2.29. The van der Waals surface area contributed by atoms with Gasteiger partial charge in [0.05, 0.1) is 12.7 Å². The number of rotatable bonds is 37. The van der Waals surface area contributed by atoms with Crippen LogP contribution in [0.2, 0.25) is 0 Å². The van der Waals surface area contributed by atoms with Crippen LogP contribution in [0.3, 0.4) is 0 Å². The van der Waals surface area contributed by atoms with Gasteiger partial charge in [-0.2, -0.15) is 0 Å². The van der Waals surface area contributed by atoms with E-state index in [2.05, 4.69) is 60.1 Å². The first-order valence-electron chi connectivity index (χ1n) is 21.0. The Labute approximate surface area is 334 Å². The molecule has 0 fully saturated rings. The van der Waals surface area contributed by atoms with Gasteiger partial charge in [0.15, 0.2) is 6.10 Å². The molecule has 10 heteroatoms. The number of phosphoric ester groups is 1. The standard InChI is InChI=1S/C45H75O9P/c1-3-5-6-7-8-9-10-11-12-13-14-15-16-21-24-27-30-33-36-39-45(48)54-43(41-53-55(49,50)51)40-52-44(47)38-35-32-29-26-23-20-18-17-19-22-25-28-31-34-37-42(46)4-2/h8-9,11-12,18-20,22,26,28-29,31,34,37,42-43,46H,3-7,10,13-17,21,23-25,27,30,32-33,35-36,38-41H2,1-2H3,(H2,49,50,51)/b9-8-,12-11-,20-18-,22-19-,29-26-,31-28-,37-34+/t42-,43+/m0/s1. The average molecular weight is 791 g/mol. The Morgan fingerprint density at radius 3 is 1.58 bits per heavy atom. The second-order valence-electron chi connectivity index (χ2n) is 13.8. The first-order valence-corrected chi connectivity index (χ1v) is 22.5. The molecular weight excluding hydrogens is 715 g/mol. The fraction of sp³-hybridized carbons (Fsp3) is 0.644. The number of allylic oxidation sites excluding steroid dienone is 13. The van der Waals surface area contributed by atoms with Crippen molar-refractivity contribution in [2.75, 3.05) is 13.2 Å². The molecule has 0 saturated carbocycles. The van der Waals surface area contributed by atoms with Crippen molar-refractivity contribution in [2.24, 2.45) is 0 Å². The maximum Gasteiger partial charge on any atom is 0.469 e. The van der Waals surface area contributed by atoms with Crippen LogP contribution in [0.5, 0.6) is 0 Å². The molecule has 55 heavy (non-hydrogen) atoms. The fourth-order valence-corrected chi connectivity index (χ4v) is 5.63. The minimum atomic E-state index is -4.78. The van der Waals surface area contributed by atoms with Crippen LogP contribution in [0.4, 0.5) is 0 Å². The largest absolute Gasteiger partial charge is 0.469 e. The normalized spacial score (nSPS) is 13.9. The monoisotopic (exact) mass is 791 g/mol. The van der Waals surface area contributed by atoms with Crippen molar-refractivity contribution in [1.82, 2.24) is 0 Å². The lowest BCUT2D eigenvalue weighted by Gasteiger charge is -2.18. The fourth-order valence-electron chi connectivity index (χ4n) is 5.27. The molecule has 0 bridgehead atoms. The van der Waals surface area contributed by atoms with Crippen molar-refractivity contribution >= 4 is 19.8 Å². The smallest absolute Gasteiger partial charge is 0.462 e. The van der Waals surface area contributed by atoms with E-state index in [1.807, 2.05) is 37.3 Å². The number of esters is 2. The number of hydrogen-bond donors (Lipinski definition) is 3. The van der Waals surface area contributed by atoms with Gasteiger partial charge < -0.3 is 24.4 Å². The summed E-state index contributed by atoms with van der Waals surface area (Å²) in [6.07, 6.45) is 49.7. The van der Waals surface area contributed by atoms with Gasteiger partial charge in [0.25, 0.3) is 0 Å². The number of phosphoric acid groups is 1. The molecule has 0 aromatic carbocycles. The highest BCUT2D eigenvalue weighted by Crippen LogP contribution is 2.36. The van der Waals surface area contributed by atoms with Gasteiger partial charge in [0.2, 0.25) is 0 Å². The van der Waals surface area contributed by atoms with Crippen LogP contribution < -0.4 is 0 Å². The van der Waals surface area contributed by atoms with Gasteiger partial charge in [-0.1, -0.05) is 157 Å². The van der Waals surface area contributed by atoms with Gasteiger partial charge >= 0.3 is 19.8 Å². The van der Waals surface area contributed by atoms with Gasteiger partial charge in [0.1, 0.15) is 6.61 Å². The van der Waals surface area contributed by atoms with Gasteiger partial charge in [-0.25, -0.2) is 4.57 Å². The van der Waals surface area contributed by atoms with E-state index in [1.54, 1.807) is 6.08 Å². The molecule has 0 aromatic heterocycles. The third-order valence-electron chi connectivity index (χ3n) is 8.56. The second kappa shape index (κ2) is 39.4. The zero-order valence-electron chi connectivity index (χ0n) is 34.2. The SMILES string of the molecule is CCCCC/C=C\C/C=C\CCCCCCCCCCCC(=O)O[C@H](COC(=O)CCC/C=C\C/C=C\C/C=C\C/C=C\C=C\[C@@H](O)CC)COP(=O)(O)O. The number of aliphatic hydroxyl groups excluding tert-OH is 1. The van der Waals surface area contributed by atoms with Crippen LogP contribution in [0.15, 0.2) is 85.1 Å². The van der Waals surface area contributed by atoms with E-state index in [0.29, 0.717) is 25.7 Å². The van der Waals surface area contributed by atoms with Crippen molar-refractivity contribution in [3.05, 3.63) is 85.1 Å². The zero-order chi connectivity index (χ0) is 40.5. The number of carbonyl (C=O) groups is 2. The number of hydrogen-bond acceptors (Lipinski definition) is 7. The Kier molecular flexibility index (Phi) is 37.4. The highest BCUT2D eigenvalue weighted by Gasteiger charge is 2.22. The second-order valence-corrected chi connectivity index (χ2v) is 15.0. The summed E-state index contributed by atoms with van der Waals surface area (Å²) >= 11 is 0. The molecule has 0 rings (SSSR count). The Bertz CT molecular complexity index is 1180.